The Morgan fingerprint density at radius 2 is 1.84 bits per heavy atom. The minimum atomic E-state index is -0.136. The van der Waals surface area contributed by atoms with Crippen LogP contribution in [0.15, 0.2) is 73.4 Å². The molecule has 2 aromatic heterocycles. The van der Waals surface area contributed by atoms with Gasteiger partial charge in [-0.15, -0.1) is 0 Å². The fourth-order valence-corrected chi connectivity index (χ4v) is 3.05. The van der Waals surface area contributed by atoms with Gasteiger partial charge in [-0.25, -0.2) is 14.6 Å². The van der Waals surface area contributed by atoms with E-state index in [-0.39, 0.29) is 5.91 Å². The Balaban J connectivity index is 1.31. The van der Waals surface area contributed by atoms with E-state index in [1.54, 1.807) is 29.3 Å². The summed E-state index contributed by atoms with van der Waals surface area (Å²) in [7, 11) is 0. The average molecular weight is 413 g/mol. The van der Waals surface area contributed by atoms with Crippen LogP contribution >= 0.6 is 0 Å². The van der Waals surface area contributed by atoms with Gasteiger partial charge in [0.2, 0.25) is 5.88 Å². The lowest BCUT2D eigenvalue weighted by Crippen LogP contribution is -2.22. The number of nitrogens with zero attached hydrogens (tertiary/aromatic N) is 4. The second-order valence-corrected chi connectivity index (χ2v) is 7.35. The minimum Gasteiger partial charge on any atom is -0.439 e. The average Bonchev–Trinajstić information content (AvgIpc) is 3.29. The number of benzene rings is 2. The molecule has 4 rings (SSSR count). The maximum Gasteiger partial charge on any atom is 0.251 e. The molecule has 0 saturated carbocycles. The van der Waals surface area contributed by atoms with Gasteiger partial charge in [0.1, 0.15) is 18.4 Å². The molecule has 0 aliphatic rings. The molecule has 0 spiro atoms. The highest BCUT2D eigenvalue weighted by Gasteiger charge is 2.07. The number of rotatable bonds is 7. The van der Waals surface area contributed by atoms with Gasteiger partial charge in [0.25, 0.3) is 5.91 Å². The Morgan fingerprint density at radius 3 is 2.55 bits per heavy atom. The first-order valence-electron chi connectivity index (χ1n) is 9.96. The van der Waals surface area contributed by atoms with Crippen molar-refractivity contribution in [1.29, 1.82) is 0 Å². The lowest BCUT2D eigenvalue weighted by atomic mass is 10.1. The summed E-state index contributed by atoms with van der Waals surface area (Å²) in [6, 6.07) is 17.2. The van der Waals surface area contributed by atoms with Crippen LogP contribution in [0.25, 0.3) is 0 Å². The van der Waals surface area contributed by atoms with Crippen LogP contribution in [0.3, 0.4) is 0 Å². The summed E-state index contributed by atoms with van der Waals surface area (Å²) in [6.07, 6.45) is 4.87. The van der Waals surface area contributed by atoms with E-state index < -0.39 is 0 Å². The van der Waals surface area contributed by atoms with E-state index in [0.717, 1.165) is 28.0 Å². The van der Waals surface area contributed by atoms with Crippen molar-refractivity contribution in [3.8, 4) is 11.6 Å². The van der Waals surface area contributed by atoms with Gasteiger partial charge in [-0.1, -0.05) is 30.3 Å². The lowest BCUT2D eigenvalue weighted by Gasteiger charge is -2.10. The summed E-state index contributed by atoms with van der Waals surface area (Å²) in [5.74, 6) is 1.18. The summed E-state index contributed by atoms with van der Waals surface area (Å²) >= 11 is 0. The number of carbonyl (C=O) groups excluding carboxylic acids is 1. The fourth-order valence-electron chi connectivity index (χ4n) is 3.05. The van der Waals surface area contributed by atoms with Crippen molar-refractivity contribution >= 4 is 5.91 Å². The number of hydrogen-bond acceptors (Lipinski definition) is 5. The molecule has 0 radical (unpaired) electrons. The Hall–Kier alpha value is -4.00. The molecule has 0 unspecified atom stereocenters. The van der Waals surface area contributed by atoms with Crippen LogP contribution in [0, 0.1) is 13.8 Å². The molecule has 1 N–H and O–H groups in total. The largest absolute Gasteiger partial charge is 0.439 e. The number of aromatic nitrogens is 4. The summed E-state index contributed by atoms with van der Waals surface area (Å²) in [5.41, 5.74) is 4.72. The van der Waals surface area contributed by atoms with E-state index in [1.165, 1.54) is 6.33 Å². The van der Waals surface area contributed by atoms with Crippen LogP contribution in [0.4, 0.5) is 0 Å². The second-order valence-electron chi connectivity index (χ2n) is 7.35. The van der Waals surface area contributed by atoms with Crippen LogP contribution in [0.2, 0.25) is 0 Å². The van der Waals surface area contributed by atoms with E-state index in [1.807, 2.05) is 56.3 Å². The van der Waals surface area contributed by atoms with Gasteiger partial charge in [0.15, 0.2) is 0 Å². The molecule has 7 heteroatoms. The topological polar surface area (TPSA) is 81.9 Å². The number of hydrogen-bond donors (Lipinski definition) is 1. The van der Waals surface area contributed by atoms with Gasteiger partial charge >= 0.3 is 0 Å². The van der Waals surface area contributed by atoms with Crippen molar-refractivity contribution in [1.82, 2.24) is 25.1 Å². The van der Waals surface area contributed by atoms with Crippen molar-refractivity contribution in [3.63, 3.8) is 0 Å². The maximum absolute atomic E-state index is 12.4. The smallest absolute Gasteiger partial charge is 0.251 e. The van der Waals surface area contributed by atoms with Crippen molar-refractivity contribution in [2.75, 3.05) is 0 Å². The Labute approximate surface area is 180 Å². The number of aryl methyl sites for hydroxylation is 2. The SMILES string of the molecule is Cc1ccc(C)c(Oc2ccc(CNC(=O)c3ccc(Cn4cncn4)cc3)cn2)c1. The monoisotopic (exact) mass is 413 g/mol. The predicted molar refractivity (Wildman–Crippen MR) is 117 cm³/mol. The molecule has 0 aliphatic carbocycles. The molecule has 0 saturated heterocycles. The van der Waals surface area contributed by atoms with Crippen LogP contribution in [0.1, 0.15) is 32.6 Å². The molecule has 0 aliphatic heterocycles. The third-order valence-electron chi connectivity index (χ3n) is 4.84. The number of ether oxygens (including phenoxy) is 1. The number of carbonyl (C=O) groups is 1. The zero-order valence-corrected chi connectivity index (χ0v) is 17.4. The van der Waals surface area contributed by atoms with Crippen molar-refractivity contribution in [3.05, 3.63) is 101 Å². The van der Waals surface area contributed by atoms with E-state index in [9.17, 15) is 4.79 Å². The normalized spacial score (nSPS) is 10.6. The molecule has 2 heterocycles. The van der Waals surface area contributed by atoms with Crippen LogP contribution in [0.5, 0.6) is 11.6 Å². The third-order valence-corrected chi connectivity index (χ3v) is 4.84. The summed E-state index contributed by atoms with van der Waals surface area (Å²) in [5, 5.41) is 7.00. The minimum absolute atomic E-state index is 0.136. The Kier molecular flexibility index (Phi) is 6.03. The van der Waals surface area contributed by atoms with E-state index in [0.29, 0.717) is 24.5 Å². The molecule has 156 valence electrons. The Morgan fingerprint density at radius 1 is 1.03 bits per heavy atom. The first-order chi connectivity index (χ1) is 15.1. The highest BCUT2D eigenvalue weighted by atomic mass is 16.5. The van der Waals surface area contributed by atoms with E-state index in [2.05, 4.69) is 20.4 Å². The van der Waals surface area contributed by atoms with E-state index >= 15 is 0 Å². The van der Waals surface area contributed by atoms with Crippen LogP contribution in [-0.4, -0.2) is 25.7 Å². The standard InChI is InChI=1S/C24H23N5O2/c1-17-3-4-18(2)22(11-17)31-23-10-7-20(12-26-23)13-27-24(30)21-8-5-19(6-9-21)14-29-16-25-15-28-29/h3-12,15-16H,13-14H2,1-2H3,(H,27,30). The zero-order valence-electron chi connectivity index (χ0n) is 17.4. The van der Waals surface area contributed by atoms with Crippen LogP contribution < -0.4 is 10.1 Å². The van der Waals surface area contributed by atoms with Crippen molar-refractivity contribution in [2.45, 2.75) is 26.9 Å². The maximum atomic E-state index is 12.4. The zero-order chi connectivity index (χ0) is 21.6. The molecule has 2 aromatic carbocycles. The predicted octanol–water partition coefficient (Wildman–Crippen LogP) is 4.06. The quantitative estimate of drug-likeness (QED) is 0.494. The highest BCUT2D eigenvalue weighted by Crippen LogP contribution is 2.24. The van der Waals surface area contributed by atoms with Gasteiger partial charge in [-0.3, -0.25) is 4.79 Å². The first kappa shape index (κ1) is 20.3. The molecule has 31 heavy (non-hydrogen) atoms. The molecular formula is C24H23N5O2. The van der Waals surface area contributed by atoms with Gasteiger partial charge in [-0.05, 0) is 54.3 Å². The summed E-state index contributed by atoms with van der Waals surface area (Å²) in [4.78, 5) is 20.7. The first-order valence-corrected chi connectivity index (χ1v) is 9.96. The van der Waals surface area contributed by atoms with E-state index in [4.69, 9.17) is 4.74 Å². The summed E-state index contributed by atoms with van der Waals surface area (Å²) in [6.45, 7) is 5.02. The van der Waals surface area contributed by atoms with Gasteiger partial charge in [0.05, 0.1) is 6.54 Å². The number of amides is 1. The highest BCUT2D eigenvalue weighted by molar-refractivity contribution is 5.94. The second kappa shape index (κ2) is 9.21. The molecule has 0 fully saturated rings. The van der Waals surface area contributed by atoms with Gasteiger partial charge in [-0.2, -0.15) is 5.10 Å². The molecule has 0 bridgehead atoms. The molecule has 4 aromatic rings. The molecule has 7 nitrogen and oxygen atoms in total. The lowest BCUT2D eigenvalue weighted by molar-refractivity contribution is 0.0951. The summed E-state index contributed by atoms with van der Waals surface area (Å²) < 4.78 is 7.61. The third kappa shape index (κ3) is 5.33. The van der Waals surface area contributed by atoms with Crippen LogP contribution in [-0.2, 0) is 13.1 Å². The van der Waals surface area contributed by atoms with Gasteiger partial charge < -0.3 is 10.1 Å². The van der Waals surface area contributed by atoms with Gasteiger partial charge in [0, 0.05) is 24.4 Å². The van der Waals surface area contributed by atoms with Crippen molar-refractivity contribution in [2.24, 2.45) is 0 Å². The fraction of sp³-hybridized carbons (Fsp3) is 0.167. The number of nitrogens with one attached hydrogen (secondary N) is 1. The Bertz CT molecular complexity index is 1150. The molecular weight excluding hydrogens is 390 g/mol. The molecule has 1 amide bonds. The van der Waals surface area contributed by atoms with Crippen molar-refractivity contribution < 1.29 is 9.53 Å². The number of pyridine rings is 1. The molecule has 0 atom stereocenters.